The van der Waals surface area contributed by atoms with Crippen molar-refractivity contribution in [1.82, 2.24) is 0 Å². The predicted molar refractivity (Wildman–Crippen MR) is 44.2 cm³/mol. The van der Waals surface area contributed by atoms with Gasteiger partial charge in [0.1, 0.15) is 0 Å². The summed E-state index contributed by atoms with van der Waals surface area (Å²) in [4.78, 5) is 0. The molecule has 2 atom stereocenters. The van der Waals surface area contributed by atoms with Crippen LogP contribution in [-0.4, -0.2) is 15.7 Å². The molecule has 48 valence electrons. The van der Waals surface area contributed by atoms with Gasteiger partial charge in [0.2, 0.25) is 0 Å². The number of rotatable bonds is 4. The molecule has 0 heterocycles. The fourth-order valence-electron chi connectivity index (χ4n) is 0.850. The SMILES string of the molecule is [B]C(CC)C([B])CCC. The summed E-state index contributed by atoms with van der Waals surface area (Å²) in [7, 11) is 11.4. The second-order valence-electron chi connectivity index (χ2n) is 2.52. The topological polar surface area (TPSA) is 0 Å². The molecule has 0 aromatic heterocycles. The quantitative estimate of drug-likeness (QED) is 0.498. The summed E-state index contributed by atoms with van der Waals surface area (Å²) in [6, 6.07) is 0. The second kappa shape index (κ2) is 4.96. The largest absolute Gasteiger partial charge is 0.0825 e. The standard InChI is InChI=1S/C7H14B2/c1-3-5-7(9)6(8)4-2/h6-7H,3-5H2,1-2H3. The summed E-state index contributed by atoms with van der Waals surface area (Å²) in [5, 5.41) is 0. The van der Waals surface area contributed by atoms with Crippen molar-refractivity contribution in [2.45, 2.75) is 44.7 Å². The van der Waals surface area contributed by atoms with Crippen LogP contribution in [0.5, 0.6) is 0 Å². The zero-order valence-electron chi connectivity index (χ0n) is 6.43. The zero-order chi connectivity index (χ0) is 7.28. The van der Waals surface area contributed by atoms with Crippen molar-refractivity contribution in [3.63, 3.8) is 0 Å². The smallest absolute Gasteiger partial charge is 0.0693 e. The fraction of sp³-hybridized carbons (Fsp3) is 1.00. The van der Waals surface area contributed by atoms with E-state index in [1.165, 1.54) is 0 Å². The highest BCUT2D eigenvalue weighted by atomic mass is 14.0. The summed E-state index contributed by atoms with van der Waals surface area (Å²) in [5.74, 6) is 0.407. The molecule has 9 heavy (non-hydrogen) atoms. The lowest BCUT2D eigenvalue weighted by Crippen LogP contribution is -2.01. The zero-order valence-corrected chi connectivity index (χ0v) is 6.43. The summed E-state index contributed by atoms with van der Waals surface area (Å²) < 4.78 is 0. The third-order valence-electron chi connectivity index (χ3n) is 1.64. The van der Waals surface area contributed by atoms with Crippen LogP contribution >= 0.6 is 0 Å². The summed E-state index contributed by atoms with van der Waals surface area (Å²) in [5.41, 5.74) is 0. The van der Waals surface area contributed by atoms with E-state index in [2.05, 4.69) is 13.8 Å². The van der Waals surface area contributed by atoms with Crippen molar-refractivity contribution in [2.75, 3.05) is 0 Å². The van der Waals surface area contributed by atoms with Crippen molar-refractivity contribution in [3.8, 4) is 0 Å². The van der Waals surface area contributed by atoms with Gasteiger partial charge in [0.15, 0.2) is 0 Å². The molecule has 0 N–H and O–H groups in total. The molecule has 0 aliphatic heterocycles. The van der Waals surface area contributed by atoms with Crippen LogP contribution in [0.25, 0.3) is 0 Å². The van der Waals surface area contributed by atoms with Crippen molar-refractivity contribution < 1.29 is 0 Å². The maximum atomic E-state index is 5.71. The Bertz CT molecular complexity index is 63.9. The molecule has 4 radical (unpaired) electrons. The van der Waals surface area contributed by atoms with Crippen LogP contribution in [0.4, 0.5) is 0 Å². The minimum Gasteiger partial charge on any atom is -0.0825 e. The first-order chi connectivity index (χ1) is 4.22. The molecule has 0 bridgehead atoms. The van der Waals surface area contributed by atoms with E-state index in [0.29, 0.717) is 0 Å². The third-order valence-corrected chi connectivity index (χ3v) is 1.64. The fourth-order valence-corrected chi connectivity index (χ4v) is 0.850. The van der Waals surface area contributed by atoms with Crippen LogP contribution in [-0.2, 0) is 0 Å². The van der Waals surface area contributed by atoms with E-state index in [1.807, 2.05) is 0 Å². The highest BCUT2D eigenvalue weighted by Gasteiger charge is 2.06. The van der Waals surface area contributed by atoms with Gasteiger partial charge in [-0.15, -0.1) is 0 Å². The summed E-state index contributed by atoms with van der Waals surface area (Å²) >= 11 is 0. The molecule has 2 heteroatoms. The Balaban J connectivity index is 3.32. The molecule has 0 saturated heterocycles. The first-order valence-electron chi connectivity index (χ1n) is 3.73. The van der Waals surface area contributed by atoms with Gasteiger partial charge in [-0.3, -0.25) is 0 Å². The Morgan fingerprint density at radius 2 is 1.67 bits per heavy atom. The van der Waals surface area contributed by atoms with Crippen molar-refractivity contribution >= 4 is 15.7 Å². The maximum absolute atomic E-state index is 5.71. The van der Waals surface area contributed by atoms with Gasteiger partial charge >= 0.3 is 0 Å². The molecule has 0 aliphatic carbocycles. The number of hydrogen-bond acceptors (Lipinski definition) is 0. The molecule has 2 unspecified atom stereocenters. The van der Waals surface area contributed by atoms with E-state index in [1.54, 1.807) is 0 Å². The molecule has 0 spiro atoms. The molecule has 0 saturated carbocycles. The molecule has 0 rings (SSSR count). The Kier molecular flexibility index (Phi) is 5.03. The van der Waals surface area contributed by atoms with Crippen molar-refractivity contribution in [2.24, 2.45) is 0 Å². The van der Waals surface area contributed by atoms with Crippen LogP contribution in [0.2, 0.25) is 11.6 Å². The Labute approximate surface area is 61.2 Å². The average Bonchev–Trinajstić information content (AvgIpc) is 1.87. The molecule has 0 aliphatic rings. The Hall–Kier alpha value is 0.130. The van der Waals surface area contributed by atoms with Crippen molar-refractivity contribution in [3.05, 3.63) is 0 Å². The van der Waals surface area contributed by atoms with Gasteiger partial charge in [-0.1, -0.05) is 44.7 Å². The molecule has 0 amide bonds. The van der Waals surface area contributed by atoms with Gasteiger partial charge in [0.25, 0.3) is 0 Å². The van der Waals surface area contributed by atoms with E-state index in [4.69, 9.17) is 15.7 Å². The lowest BCUT2D eigenvalue weighted by Gasteiger charge is -2.17. The first-order valence-corrected chi connectivity index (χ1v) is 3.73. The van der Waals surface area contributed by atoms with Gasteiger partial charge < -0.3 is 0 Å². The number of hydrogen-bond donors (Lipinski definition) is 0. The average molecular weight is 120 g/mol. The highest BCUT2D eigenvalue weighted by molar-refractivity contribution is 6.21. The van der Waals surface area contributed by atoms with Crippen LogP contribution in [0.1, 0.15) is 33.1 Å². The summed E-state index contributed by atoms with van der Waals surface area (Å²) in [6.07, 6.45) is 3.17. The van der Waals surface area contributed by atoms with Gasteiger partial charge in [-0.25, -0.2) is 0 Å². The normalized spacial score (nSPS) is 17.1. The van der Waals surface area contributed by atoms with E-state index in [-0.39, 0.29) is 11.6 Å². The minimum atomic E-state index is 0.199. The molecular weight excluding hydrogens is 106 g/mol. The molecular formula is C7H14B2. The lowest BCUT2D eigenvalue weighted by molar-refractivity contribution is 0.653. The minimum absolute atomic E-state index is 0.199. The Morgan fingerprint density at radius 3 is 2.00 bits per heavy atom. The molecule has 0 fully saturated rings. The predicted octanol–water partition coefficient (Wildman–Crippen LogP) is 2.11. The van der Waals surface area contributed by atoms with E-state index in [0.717, 1.165) is 19.3 Å². The van der Waals surface area contributed by atoms with Crippen LogP contribution in [0.3, 0.4) is 0 Å². The lowest BCUT2D eigenvalue weighted by atomic mass is 9.64. The van der Waals surface area contributed by atoms with E-state index >= 15 is 0 Å². The second-order valence-corrected chi connectivity index (χ2v) is 2.52. The monoisotopic (exact) mass is 120 g/mol. The third kappa shape index (κ3) is 3.66. The van der Waals surface area contributed by atoms with Gasteiger partial charge in [0.05, 0.1) is 15.7 Å². The van der Waals surface area contributed by atoms with Gasteiger partial charge in [-0.05, 0) is 0 Å². The molecule has 0 nitrogen and oxygen atoms in total. The van der Waals surface area contributed by atoms with E-state index < -0.39 is 0 Å². The first kappa shape index (κ1) is 9.13. The van der Waals surface area contributed by atoms with Gasteiger partial charge in [0, 0.05) is 0 Å². The van der Waals surface area contributed by atoms with Crippen LogP contribution in [0, 0.1) is 0 Å². The molecule has 0 aromatic rings. The highest BCUT2D eigenvalue weighted by Crippen LogP contribution is 2.25. The van der Waals surface area contributed by atoms with Crippen LogP contribution in [0.15, 0.2) is 0 Å². The maximum Gasteiger partial charge on any atom is 0.0693 e. The summed E-state index contributed by atoms with van der Waals surface area (Å²) in [6.45, 7) is 4.20. The molecule has 0 aromatic carbocycles. The van der Waals surface area contributed by atoms with E-state index in [9.17, 15) is 0 Å². The van der Waals surface area contributed by atoms with Crippen LogP contribution < -0.4 is 0 Å². The Morgan fingerprint density at radius 1 is 1.11 bits per heavy atom. The van der Waals surface area contributed by atoms with Crippen molar-refractivity contribution in [1.29, 1.82) is 0 Å². The van der Waals surface area contributed by atoms with Gasteiger partial charge in [-0.2, -0.15) is 0 Å².